The number of hydrogen-bond donors (Lipinski definition) is 3. The molecule has 6 aliphatic rings. The molecule has 20 heteroatoms. The van der Waals surface area contributed by atoms with Crippen molar-refractivity contribution in [3.63, 3.8) is 0 Å². The first-order chi connectivity index (χ1) is 36.6. The van der Waals surface area contributed by atoms with Crippen LogP contribution in [0, 0.1) is 0 Å². The van der Waals surface area contributed by atoms with Gasteiger partial charge in [-0.25, -0.2) is 4.79 Å². The maximum Gasteiger partial charge on any atom is 0.408 e. The maximum absolute atomic E-state index is 13.5. The summed E-state index contributed by atoms with van der Waals surface area (Å²) in [6.45, 7) is 15.6. The molecule has 77 heavy (non-hydrogen) atoms. The lowest BCUT2D eigenvalue weighted by molar-refractivity contribution is -0.158. The first-order valence-electron chi connectivity index (χ1n) is 26.5. The number of nitrogens with zero attached hydrogens (tertiary/aromatic N) is 6. The Kier molecular flexibility index (Phi) is 15.8. The summed E-state index contributed by atoms with van der Waals surface area (Å²) in [5.41, 5.74) is 10.4. The van der Waals surface area contributed by atoms with E-state index < -0.39 is 55.7 Å². The Bertz CT molecular complexity index is 2900. The highest BCUT2D eigenvalue weighted by atomic mass is 28.3. The summed E-state index contributed by atoms with van der Waals surface area (Å²) in [5, 5.41) is 12.5. The number of anilines is 2. The maximum atomic E-state index is 13.5. The van der Waals surface area contributed by atoms with Gasteiger partial charge in [-0.1, -0.05) is 56.0 Å². The predicted octanol–water partition coefficient (Wildman–Crippen LogP) is 5.93. The van der Waals surface area contributed by atoms with Crippen LogP contribution >= 0.6 is 0 Å². The van der Waals surface area contributed by atoms with E-state index in [-0.39, 0.29) is 68.3 Å². The number of nitrogens with one attached hydrogen (secondary N) is 1. The Morgan fingerprint density at radius 3 is 1.79 bits per heavy atom. The van der Waals surface area contributed by atoms with E-state index in [0.29, 0.717) is 68.4 Å². The number of para-hydroxylation sites is 2. The zero-order valence-electron chi connectivity index (χ0n) is 44.7. The molecule has 0 saturated carbocycles. The minimum Gasteiger partial charge on any atom is -0.487 e. The number of likely N-dealkylation sites (tertiary alicyclic amines) is 1. The molecule has 2 unspecified atom stereocenters. The topological polar surface area (TPSA) is 225 Å². The van der Waals surface area contributed by atoms with Crippen LogP contribution < -0.4 is 30.3 Å². The van der Waals surface area contributed by atoms with Gasteiger partial charge in [0, 0.05) is 81.7 Å². The molecule has 7 amide bonds. The van der Waals surface area contributed by atoms with Crippen LogP contribution in [0.5, 0.6) is 11.5 Å². The Balaban J connectivity index is 0.000000202. The van der Waals surface area contributed by atoms with Gasteiger partial charge in [-0.2, -0.15) is 0 Å². The summed E-state index contributed by atoms with van der Waals surface area (Å²) < 4.78 is 18.4. The van der Waals surface area contributed by atoms with E-state index in [9.17, 15) is 38.7 Å². The number of carbonyl (C=O) groups is 7. The Hall–Kier alpha value is -7.29. The second-order valence-corrected chi connectivity index (χ2v) is 28.5. The molecule has 4 aromatic rings. The number of carboxylic acid groups (broad SMARTS) is 1. The first kappa shape index (κ1) is 54.5. The van der Waals surface area contributed by atoms with Gasteiger partial charge < -0.3 is 44.7 Å². The van der Waals surface area contributed by atoms with Crippen LogP contribution in [0.3, 0.4) is 0 Å². The number of fused-ring (bicyclic) bond motifs is 2. The van der Waals surface area contributed by atoms with Crippen LogP contribution in [0.1, 0.15) is 78.3 Å². The van der Waals surface area contributed by atoms with Crippen molar-refractivity contribution in [2.45, 2.75) is 127 Å². The first-order valence-corrected chi connectivity index (χ1v) is 30.2. The fraction of sp³-hybridized carbons (Fsp3) is 0.456. The van der Waals surface area contributed by atoms with Crippen LogP contribution in [0.25, 0.3) is 0 Å². The zero-order chi connectivity index (χ0) is 54.9. The van der Waals surface area contributed by atoms with E-state index >= 15 is 0 Å². The van der Waals surface area contributed by atoms with Crippen LogP contribution in [0.15, 0.2) is 97.1 Å². The number of benzene rings is 4. The molecule has 19 nitrogen and oxygen atoms in total. The van der Waals surface area contributed by atoms with Crippen LogP contribution in [0.2, 0.25) is 25.7 Å². The van der Waals surface area contributed by atoms with Crippen molar-refractivity contribution in [2.75, 3.05) is 49.3 Å². The minimum atomic E-state index is -1.32. The van der Waals surface area contributed by atoms with Gasteiger partial charge in [-0.05, 0) is 111 Å². The van der Waals surface area contributed by atoms with E-state index in [0.717, 1.165) is 33.4 Å². The van der Waals surface area contributed by atoms with Crippen molar-refractivity contribution >= 4 is 61.0 Å². The molecule has 4 saturated heterocycles. The van der Waals surface area contributed by atoms with Crippen molar-refractivity contribution in [2.24, 2.45) is 5.73 Å². The summed E-state index contributed by atoms with van der Waals surface area (Å²) in [7, 11) is -1.32. The molecule has 10 rings (SSSR count). The van der Waals surface area contributed by atoms with Crippen molar-refractivity contribution in [1.82, 2.24) is 24.9 Å². The van der Waals surface area contributed by atoms with E-state index in [1.807, 2.05) is 81.4 Å². The van der Waals surface area contributed by atoms with Gasteiger partial charge in [0.1, 0.15) is 42.5 Å². The summed E-state index contributed by atoms with van der Waals surface area (Å²) in [4.78, 5) is 98.5. The lowest BCUT2D eigenvalue weighted by Gasteiger charge is -2.39. The van der Waals surface area contributed by atoms with E-state index in [2.05, 4.69) is 46.9 Å². The third kappa shape index (κ3) is 12.1. The number of rotatable bonds is 14. The molecule has 4 fully saturated rings. The fourth-order valence-electron chi connectivity index (χ4n) is 11.1. The lowest BCUT2D eigenvalue weighted by atomic mass is 10.0. The van der Waals surface area contributed by atoms with E-state index in [1.165, 1.54) is 9.80 Å². The number of amides is 7. The summed E-state index contributed by atoms with van der Waals surface area (Å²) in [6, 6.07) is 29.6. The third-order valence-corrected chi connectivity index (χ3v) is 16.8. The molecule has 0 aromatic heterocycles. The SMILES string of the molecule is CC(C)(C)N(C(=O)O)[C@H]1CN(c2ccccc2)C[C@@H]1Oc1ccc2c(c1)CN(C1CCC(=O)N(COCC[Si](C)(C)C)C1=O)C2=O.N[C@H]1CN(c2ccccc2)C[C@@H]1Oc1ccc2c(c1)CN(C1CCC(=O)NC1=O)C2=O. The molecular weight excluding hydrogens is 1000 g/mol. The quantitative estimate of drug-likeness (QED) is 0.0757. The van der Waals surface area contributed by atoms with Crippen molar-refractivity contribution in [3.8, 4) is 11.5 Å². The van der Waals surface area contributed by atoms with E-state index in [4.69, 9.17) is 19.9 Å². The molecule has 6 heterocycles. The number of nitrogens with two attached hydrogens (primary N) is 1. The monoisotopic (exact) mass is 1070 g/mol. The molecular formula is C57H70N8O11Si. The van der Waals surface area contributed by atoms with Gasteiger partial charge in [0.25, 0.3) is 17.7 Å². The highest BCUT2D eigenvalue weighted by molar-refractivity contribution is 6.76. The van der Waals surface area contributed by atoms with Gasteiger partial charge in [0.2, 0.25) is 17.7 Å². The largest absolute Gasteiger partial charge is 0.487 e. The standard InChI is InChI=1S/C34H46N4O7Si.C23H24N4O4/c1-34(2,3)38(33(42)43)28-20-35(24-10-8-7-9-11-24)21-29(28)45-25-12-13-26-23(18-25)19-36(31(26)40)27-14-15-30(39)37(32(27)41)22-44-16-17-46(4,5)6;24-18-12-26(15-4-2-1-3-5-15)13-20(18)31-16-6-7-17-14(10-16)11-27(23(17)30)19-8-9-21(28)25-22(19)29/h7-13,18,27-29H,14-17,19-22H2,1-6H3,(H,42,43);1-7,10,18-20H,8-9,11-13,24H2,(H,25,28,29)/t27?,28-,29-;18-,19?,20-/m00/s1. The van der Waals surface area contributed by atoms with E-state index in [1.54, 1.807) is 29.2 Å². The minimum absolute atomic E-state index is 0.101. The average molecular weight is 1070 g/mol. The number of carbonyl (C=O) groups excluding carboxylic acids is 6. The molecule has 0 radical (unpaired) electrons. The number of hydrogen-bond acceptors (Lipinski definition) is 13. The highest BCUT2D eigenvalue weighted by Gasteiger charge is 2.47. The fourth-order valence-corrected chi connectivity index (χ4v) is 11.8. The number of ether oxygens (including phenoxy) is 3. The second kappa shape index (κ2) is 22.4. The summed E-state index contributed by atoms with van der Waals surface area (Å²) in [6.07, 6.45) is -0.631. The van der Waals surface area contributed by atoms with Gasteiger partial charge in [-0.3, -0.25) is 43.9 Å². The average Bonchev–Trinajstić information content (AvgIpc) is 4.19. The Morgan fingerprint density at radius 1 is 0.714 bits per heavy atom. The normalized spacial score (nSPS) is 23.4. The molecule has 4 N–H and O–H groups in total. The van der Waals surface area contributed by atoms with Crippen LogP contribution in [0.4, 0.5) is 16.2 Å². The zero-order valence-corrected chi connectivity index (χ0v) is 45.7. The highest BCUT2D eigenvalue weighted by Crippen LogP contribution is 2.36. The van der Waals surface area contributed by atoms with Crippen molar-refractivity contribution < 1.29 is 52.9 Å². The lowest BCUT2D eigenvalue weighted by Crippen LogP contribution is -2.56. The van der Waals surface area contributed by atoms with Gasteiger partial charge in [0.05, 0.1) is 25.2 Å². The van der Waals surface area contributed by atoms with Gasteiger partial charge in [-0.15, -0.1) is 0 Å². The second-order valence-electron chi connectivity index (χ2n) is 22.9. The summed E-state index contributed by atoms with van der Waals surface area (Å²) in [5.74, 6) is -0.655. The molecule has 6 atom stereocenters. The Labute approximate surface area is 450 Å². The number of imide groups is 2. The Morgan fingerprint density at radius 2 is 1.25 bits per heavy atom. The van der Waals surface area contributed by atoms with Crippen LogP contribution in [-0.2, 0) is 37.0 Å². The molecule has 0 bridgehead atoms. The molecule has 408 valence electrons. The molecule has 0 aliphatic carbocycles. The smallest absolute Gasteiger partial charge is 0.408 e. The molecule has 4 aromatic carbocycles. The number of piperidine rings is 2. The van der Waals surface area contributed by atoms with Crippen molar-refractivity contribution in [1.29, 1.82) is 0 Å². The molecule has 0 spiro atoms. The molecule has 6 aliphatic heterocycles. The summed E-state index contributed by atoms with van der Waals surface area (Å²) >= 11 is 0. The van der Waals surface area contributed by atoms with Crippen molar-refractivity contribution in [3.05, 3.63) is 119 Å². The van der Waals surface area contributed by atoms with Gasteiger partial charge >= 0.3 is 6.09 Å². The van der Waals surface area contributed by atoms with Crippen LogP contribution in [-0.4, -0.2) is 156 Å². The third-order valence-electron chi connectivity index (χ3n) is 15.1. The predicted molar refractivity (Wildman–Crippen MR) is 290 cm³/mol. The van der Waals surface area contributed by atoms with Gasteiger partial charge in [0.15, 0.2) is 0 Å².